The van der Waals surface area contributed by atoms with Crippen molar-refractivity contribution in [3.05, 3.63) is 0 Å². The van der Waals surface area contributed by atoms with Gasteiger partial charge in [0.1, 0.15) is 0 Å². The summed E-state index contributed by atoms with van der Waals surface area (Å²) in [5.74, 6) is -0.0187. The predicted octanol–water partition coefficient (Wildman–Crippen LogP) is -0.751. The molecule has 0 radical (unpaired) electrons. The Hall–Kier alpha value is -1.15. The van der Waals surface area contributed by atoms with Gasteiger partial charge in [-0.1, -0.05) is 11.8 Å². The van der Waals surface area contributed by atoms with E-state index >= 15 is 0 Å². The summed E-state index contributed by atoms with van der Waals surface area (Å²) in [6.07, 6.45) is 0. The van der Waals surface area contributed by atoms with Gasteiger partial charge in [0.2, 0.25) is 11.1 Å². The molecule has 3 N–H and O–H groups in total. The first-order valence-corrected chi connectivity index (χ1v) is 5.97. The molecule has 0 aliphatic rings. The number of hydrogen-bond donors (Lipinski definition) is 2. The van der Waals surface area contributed by atoms with Crippen LogP contribution in [-0.2, 0) is 11.3 Å². The monoisotopic (exact) mass is 244 g/mol. The van der Waals surface area contributed by atoms with Crippen LogP contribution in [0.15, 0.2) is 5.16 Å². The lowest BCUT2D eigenvalue weighted by Gasteiger charge is -2.09. The number of tetrazole rings is 1. The van der Waals surface area contributed by atoms with Crippen LogP contribution in [0.2, 0.25) is 0 Å². The van der Waals surface area contributed by atoms with Crippen molar-refractivity contribution in [1.82, 2.24) is 25.5 Å². The van der Waals surface area contributed by atoms with Gasteiger partial charge in [-0.15, -0.1) is 5.10 Å². The second kappa shape index (κ2) is 6.44. The summed E-state index contributed by atoms with van der Waals surface area (Å²) in [7, 11) is 0. The highest BCUT2D eigenvalue weighted by Crippen LogP contribution is 2.19. The minimum atomic E-state index is -0.220. The number of nitrogens with one attached hydrogen (secondary N) is 1. The average molecular weight is 244 g/mol. The van der Waals surface area contributed by atoms with Crippen molar-refractivity contribution in [2.24, 2.45) is 5.73 Å². The molecular formula is C8H16N6OS. The molecule has 1 heterocycles. The Labute approximate surface area is 98.1 Å². The molecule has 0 aliphatic carbocycles. The number of rotatable bonds is 6. The second-order valence-corrected chi connectivity index (χ2v) is 4.44. The van der Waals surface area contributed by atoms with Crippen molar-refractivity contribution in [3.8, 4) is 0 Å². The van der Waals surface area contributed by atoms with E-state index in [-0.39, 0.29) is 11.2 Å². The van der Waals surface area contributed by atoms with Crippen molar-refractivity contribution < 1.29 is 4.79 Å². The van der Waals surface area contributed by atoms with E-state index < -0.39 is 0 Å². The minimum absolute atomic E-state index is 0.0187. The minimum Gasteiger partial charge on any atom is -0.355 e. The molecule has 0 saturated heterocycles. The zero-order valence-electron chi connectivity index (χ0n) is 9.38. The van der Waals surface area contributed by atoms with Crippen LogP contribution < -0.4 is 11.1 Å². The van der Waals surface area contributed by atoms with Gasteiger partial charge in [0, 0.05) is 13.1 Å². The highest BCUT2D eigenvalue weighted by Gasteiger charge is 2.17. The van der Waals surface area contributed by atoms with Crippen LogP contribution in [-0.4, -0.2) is 44.5 Å². The summed E-state index contributed by atoms with van der Waals surface area (Å²) in [5, 5.41) is 14.3. The van der Waals surface area contributed by atoms with Crippen molar-refractivity contribution in [1.29, 1.82) is 0 Å². The Morgan fingerprint density at radius 1 is 1.69 bits per heavy atom. The van der Waals surface area contributed by atoms with Crippen molar-refractivity contribution >= 4 is 17.7 Å². The number of nitrogens with two attached hydrogens (primary N) is 1. The molecule has 1 amide bonds. The Morgan fingerprint density at radius 3 is 3.06 bits per heavy atom. The molecule has 0 fully saturated rings. The van der Waals surface area contributed by atoms with E-state index in [1.54, 1.807) is 4.68 Å². The second-order valence-electron chi connectivity index (χ2n) is 3.13. The van der Waals surface area contributed by atoms with E-state index in [0.29, 0.717) is 24.8 Å². The molecule has 1 aromatic rings. The summed E-state index contributed by atoms with van der Waals surface area (Å²) >= 11 is 1.32. The Kier molecular flexibility index (Phi) is 5.20. The van der Waals surface area contributed by atoms with Crippen molar-refractivity contribution in [3.63, 3.8) is 0 Å². The highest BCUT2D eigenvalue weighted by molar-refractivity contribution is 8.00. The summed E-state index contributed by atoms with van der Waals surface area (Å²) < 4.78 is 1.60. The van der Waals surface area contributed by atoms with Crippen molar-refractivity contribution in [2.45, 2.75) is 30.8 Å². The fraction of sp³-hybridized carbons (Fsp3) is 0.750. The van der Waals surface area contributed by atoms with E-state index in [9.17, 15) is 4.79 Å². The molecule has 0 bridgehead atoms. The lowest BCUT2D eigenvalue weighted by Crippen LogP contribution is -2.30. The molecule has 7 nitrogen and oxygen atoms in total. The van der Waals surface area contributed by atoms with E-state index in [2.05, 4.69) is 20.8 Å². The van der Waals surface area contributed by atoms with E-state index in [0.717, 1.165) is 0 Å². The number of nitrogens with zero attached hydrogens (tertiary/aromatic N) is 4. The molecule has 0 spiro atoms. The van der Waals surface area contributed by atoms with Gasteiger partial charge in [-0.25, -0.2) is 4.68 Å². The Balaban J connectivity index is 2.58. The molecule has 1 rings (SSSR count). The summed E-state index contributed by atoms with van der Waals surface area (Å²) in [4.78, 5) is 11.5. The Morgan fingerprint density at radius 2 is 2.44 bits per heavy atom. The van der Waals surface area contributed by atoms with Crippen LogP contribution in [0.25, 0.3) is 0 Å². The molecule has 8 heteroatoms. The summed E-state index contributed by atoms with van der Waals surface area (Å²) in [5.41, 5.74) is 5.42. The number of amides is 1. The third-order valence-electron chi connectivity index (χ3n) is 1.84. The average Bonchev–Trinajstić information content (AvgIpc) is 2.67. The maximum Gasteiger partial charge on any atom is 0.233 e. The molecule has 16 heavy (non-hydrogen) atoms. The zero-order valence-corrected chi connectivity index (χ0v) is 10.2. The van der Waals surface area contributed by atoms with Gasteiger partial charge in [0.05, 0.1) is 11.8 Å². The van der Waals surface area contributed by atoms with E-state index in [4.69, 9.17) is 5.73 Å². The number of thioether (sulfide) groups is 1. The van der Waals surface area contributed by atoms with Crippen LogP contribution in [0, 0.1) is 0 Å². The molecule has 0 aromatic carbocycles. The smallest absolute Gasteiger partial charge is 0.233 e. The number of carbonyl (C=O) groups is 1. The number of aromatic nitrogens is 4. The first-order chi connectivity index (χ1) is 7.69. The lowest BCUT2D eigenvalue weighted by atomic mass is 10.4. The lowest BCUT2D eigenvalue weighted by molar-refractivity contribution is -0.120. The van der Waals surface area contributed by atoms with Crippen LogP contribution in [0.3, 0.4) is 0 Å². The van der Waals surface area contributed by atoms with Gasteiger partial charge in [-0.3, -0.25) is 4.79 Å². The van der Waals surface area contributed by atoms with Gasteiger partial charge in [-0.2, -0.15) is 0 Å². The van der Waals surface area contributed by atoms with E-state index in [1.807, 2.05) is 13.8 Å². The highest BCUT2D eigenvalue weighted by atomic mass is 32.2. The fourth-order valence-corrected chi connectivity index (χ4v) is 1.91. The fourth-order valence-electron chi connectivity index (χ4n) is 1.07. The van der Waals surface area contributed by atoms with Crippen LogP contribution in [0.1, 0.15) is 13.8 Å². The quantitative estimate of drug-likeness (QED) is 0.639. The third-order valence-corrected chi connectivity index (χ3v) is 2.91. The van der Waals surface area contributed by atoms with E-state index in [1.165, 1.54) is 11.8 Å². The molecule has 90 valence electrons. The number of carbonyl (C=O) groups excluding carboxylic acids is 1. The largest absolute Gasteiger partial charge is 0.355 e. The first kappa shape index (κ1) is 12.9. The summed E-state index contributed by atoms with van der Waals surface area (Å²) in [6.45, 7) is 5.34. The maximum absolute atomic E-state index is 11.5. The molecule has 0 aliphatic heterocycles. The van der Waals surface area contributed by atoms with Gasteiger partial charge in [0.25, 0.3) is 0 Å². The predicted molar refractivity (Wildman–Crippen MR) is 60.9 cm³/mol. The third kappa shape index (κ3) is 3.46. The summed E-state index contributed by atoms with van der Waals surface area (Å²) in [6, 6.07) is 0. The molecule has 0 saturated carbocycles. The molecule has 1 aromatic heterocycles. The number of hydrogen-bond acceptors (Lipinski definition) is 6. The molecule has 1 atom stereocenters. The Bertz CT molecular complexity index is 341. The van der Waals surface area contributed by atoms with Gasteiger partial charge in [0.15, 0.2) is 0 Å². The first-order valence-electron chi connectivity index (χ1n) is 5.09. The van der Waals surface area contributed by atoms with Gasteiger partial charge in [-0.05, 0) is 24.3 Å². The van der Waals surface area contributed by atoms with Crippen LogP contribution >= 0.6 is 11.8 Å². The zero-order chi connectivity index (χ0) is 12.0. The molecular weight excluding hydrogens is 228 g/mol. The SMILES string of the molecule is CCNC(=O)C(C)Sc1nnnn1CCN. The molecule has 1 unspecified atom stereocenters. The van der Waals surface area contributed by atoms with Gasteiger partial charge < -0.3 is 11.1 Å². The van der Waals surface area contributed by atoms with Gasteiger partial charge >= 0.3 is 0 Å². The standard InChI is InChI=1S/C8H16N6OS/c1-3-10-7(15)6(2)16-8-11-12-13-14(8)5-4-9/h6H,3-5,9H2,1-2H3,(H,10,15). The normalized spacial score (nSPS) is 12.4. The maximum atomic E-state index is 11.5. The van der Waals surface area contributed by atoms with Crippen LogP contribution in [0.4, 0.5) is 0 Å². The van der Waals surface area contributed by atoms with Crippen molar-refractivity contribution in [2.75, 3.05) is 13.1 Å². The topological polar surface area (TPSA) is 98.7 Å². The van der Waals surface area contributed by atoms with Crippen LogP contribution in [0.5, 0.6) is 0 Å².